The molecule has 3 nitrogen and oxygen atoms in total. The van der Waals surface area contributed by atoms with Gasteiger partial charge >= 0.3 is 0 Å². The zero-order valence-corrected chi connectivity index (χ0v) is 23.8. The van der Waals surface area contributed by atoms with Crippen molar-refractivity contribution in [3.63, 3.8) is 0 Å². The third-order valence-corrected chi connectivity index (χ3v) is 12.5. The Morgan fingerprint density at radius 1 is 0.590 bits per heavy atom. The highest BCUT2D eigenvalue weighted by Crippen LogP contribution is 2.47. The van der Waals surface area contributed by atoms with Gasteiger partial charge < -0.3 is 5.32 Å². The molecule has 0 saturated heterocycles. The van der Waals surface area contributed by atoms with Crippen LogP contribution < -0.4 is 26.5 Å². The monoisotopic (exact) mass is 546 g/mol. The molecule has 0 bridgehead atoms. The van der Waals surface area contributed by atoms with Crippen LogP contribution in [0.15, 0.2) is 146 Å². The summed E-state index contributed by atoms with van der Waals surface area (Å²) in [7, 11) is -1.55. The van der Waals surface area contributed by atoms with Gasteiger partial charge in [0.25, 0.3) is 0 Å². The van der Waals surface area contributed by atoms with Crippen molar-refractivity contribution in [2.45, 2.75) is 6.92 Å². The molecule has 5 heteroatoms. The predicted octanol–water partition coefficient (Wildman–Crippen LogP) is 6.29. The molecule has 0 radical (unpaired) electrons. The summed E-state index contributed by atoms with van der Waals surface area (Å²) in [5, 5.41) is 8.37. The van der Waals surface area contributed by atoms with E-state index >= 15 is 0 Å². The molecule has 0 spiro atoms. The number of hydrogen-bond acceptors (Lipinski definition) is 2. The normalized spacial score (nSPS) is 11.5. The van der Waals surface area contributed by atoms with E-state index in [1.54, 1.807) is 12.4 Å². The summed E-state index contributed by atoms with van der Waals surface area (Å²) in [6.45, 7) is 2.16. The first-order valence-corrected chi connectivity index (χ1v) is 16.1. The average molecular weight is 547 g/mol. The molecule has 0 saturated carbocycles. The number of anilines is 1. The number of benzene rings is 4. The average Bonchev–Trinajstić information content (AvgIpc) is 3.01. The van der Waals surface area contributed by atoms with E-state index in [0.29, 0.717) is 0 Å². The van der Waals surface area contributed by atoms with Gasteiger partial charge in [-0.15, -0.1) is 0 Å². The second-order valence-corrected chi connectivity index (χ2v) is 14.2. The lowest BCUT2D eigenvalue weighted by Crippen LogP contribution is -2.42. The van der Waals surface area contributed by atoms with Crippen LogP contribution in [-0.2, 0) is 4.79 Å². The van der Waals surface area contributed by atoms with E-state index in [2.05, 4.69) is 139 Å². The number of aromatic nitrogens is 1. The fourth-order valence-corrected chi connectivity index (χ4v) is 10.2. The lowest BCUT2D eigenvalue weighted by atomic mass is 9.94. The molecule has 5 rings (SSSR count). The standard InChI is InChI=1S/C34H32N2OP2/c1-34(33(37)36-28-22-24-35-25-23-28,26-38(29-14-6-2-7-15-29)30-16-8-3-9-17-30)27-39(31-18-10-4-11-19-31)32-20-12-5-13-21-32/h2-25H,26-27H2,1H3,(H,35,36,37). The van der Waals surface area contributed by atoms with Gasteiger partial charge in [0.05, 0.1) is 5.41 Å². The van der Waals surface area contributed by atoms with Crippen molar-refractivity contribution in [1.82, 2.24) is 4.98 Å². The van der Waals surface area contributed by atoms with Gasteiger partial charge in [-0.05, 0) is 61.5 Å². The highest BCUT2D eigenvalue weighted by Gasteiger charge is 2.39. The van der Waals surface area contributed by atoms with Crippen LogP contribution in [0, 0.1) is 5.41 Å². The highest BCUT2D eigenvalue weighted by atomic mass is 31.1. The minimum absolute atomic E-state index is 0.0485. The molecule has 0 aliphatic carbocycles. The zero-order valence-electron chi connectivity index (χ0n) is 22.0. The van der Waals surface area contributed by atoms with Crippen LogP contribution in [0.1, 0.15) is 6.92 Å². The van der Waals surface area contributed by atoms with Crippen LogP contribution in [0.5, 0.6) is 0 Å². The van der Waals surface area contributed by atoms with Gasteiger partial charge in [0, 0.05) is 18.1 Å². The molecule has 0 fully saturated rings. The molecule has 1 amide bonds. The molecule has 1 N–H and O–H groups in total. The molecule has 0 aliphatic rings. The van der Waals surface area contributed by atoms with Crippen LogP contribution in [0.25, 0.3) is 0 Å². The minimum atomic E-state index is -0.777. The Morgan fingerprint density at radius 3 is 1.26 bits per heavy atom. The summed E-state index contributed by atoms with van der Waals surface area (Å²) < 4.78 is 0. The summed E-state index contributed by atoms with van der Waals surface area (Å²) in [4.78, 5) is 18.4. The number of rotatable bonds is 10. The first-order chi connectivity index (χ1) is 19.1. The van der Waals surface area contributed by atoms with Crippen LogP contribution in [0.4, 0.5) is 5.69 Å². The van der Waals surface area contributed by atoms with Gasteiger partial charge in [-0.25, -0.2) is 0 Å². The first-order valence-electron chi connectivity index (χ1n) is 13.1. The largest absolute Gasteiger partial charge is 0.325 e. The quantitative estimate of drug-likeness (QED) is 0.209. The Balaban J connectivity index is 1.58. The number of hydrogen-bond donors (Lipinski definition) is 1. The van der Waals surface area contributed by atoms with E-state index in [-0.39, 0.29) is 5.91 Å². The Hall–Kier alpha value is -3.64. The van der Waals surface area contributed by atoms with Gasteiger partial charge in [-0.1, -0.05) is 128 Å². The summed E-state index contributed by atoms with van der Waals surface area (Å²) in [5.41, 5.74) is 0.131. The molecule has 5 aromatic rings. The number of pyridine rings is 1. The lowest BCUT2D eigenvalue weighted by Gasteiger charge is -2.36. The molecule has 4 aromatic carbocycles. The number of amides is 1. The highest BCUT2D eigenvalue weighted by molar-refractivity contribution is 7.74. The summed E-state index contributed by atoms with van der Waals surface area (Å²) in [6.07, 6.45) is 4.92. The lowest BCUT2D eigenvalue weighted by molar-refractivity contribution is -0.122. The molecule has 0 unspecified atom stereocenters. The Morgan fingerprint density at radius 2 is 0.923 bits per heavy atom. The third kappa shape index (κ3) is 6.87. The SMILES string of the molecule is CC(CP(c1ccccc1)c1ccccc1)(CP(c1ccccc1)c1ccccc1)C(=O)Nc1ccncc1. The van der Waals surface area contributed by atoms with Crippen molar-refractivity contribution in [3.05, 3.63) is 146 Å². The first kappa shape index (κ1) is 26.9. The second-order valence-electron chi connectivity index (χ2n) is 9.77. The molecule has 194 valence electrons. The molecule has 0 aliphatic heterocycles. The van der Waals surface area contributed by atoms with E-state index in [1.165, 1.54) is 21.2 Å². The van der Waals surface area contributed by atoms with Crippen LogP contribution in [0.3, 0.4) is 0 Å². The summed E-state index contributed by atoms with van der Waals surface area (Å²) in [5.74, 6) is 0.0485. The van der Waals surface area contributed by atoms with E-state index in [9.17, 15) is 4.79 Å². The van der Waals surface area contributed by atoms with Gasteiger partial charge in [0.15, 0.2) is 0 Å². The van der Waals surface area contributed by atoms with E-state index in [1.807, 2.05) is 12.1 Å². The molecule has 39 heavy (non-hydrogen) atoms. The Labute approximate surface area is 233 Å². The number of carbonyl (C=O) groups excluding carboxylic acids is 1. The van der Waals surface area contributed by atoms with Crippen molar-refractivity contribution in [1.29, 1.82) is 0 Å². The summed E-state index contributed by atoms with van der Waals surface area (Å²) in [6, 6.07) is 46.4. The van der Waals surface area contributed by atoms with Crippen molar-refractivity contribution in [2.24, 2.45) is 5.41 Å². The Kier molecular flexibility index (Phi) is 8.94. The fraction of sp³-hybridized carbons (Fsp3) is 0.118. The second kappa shape index (κ2) is 12.9. The van der Waals surface area contributed by atoms with Gasteiger partial charge in [-0.3, -0.25) is 9.78 Å². The minimum Gasteiger partial charge on any atom is -0.325 e. The topological polar surface area (TPSA) is 42.0 Å². The van der Waals surface area contributed by atoms with Crippen molar-refractivity contribution >= 4 is 48.7 Å². The van der Waals surface area contributed by atoms with Crippen molar-refractivity contribution in [3.8, 4) is 0 Å². The zero-order chi connectivity index (χ0) is 26.9. The molecule has 0 atom stereocenters. The molecule has 1 aromatic heterocycles. The van der Waals surface area contributed by atoms with Crippen LogP contribution in [0.2, 0.25) is 0 Å². The Bertz CT molecular complexity index is 1290. The molecule has 1 heterocycles. The van der Waals surface area contributed by atoms with Crippen LogP contribution in [-0.4, -0.2) is 23.2 Å². The maximum absolute atomic E-state index is 14.3. The van der Waals surface area contributed by atoms with Crippen molar-refractivity contribution < 1.29 is 4.79 Å². The van der Waals surface area contributed by atoms with E-state index in [4.69, 9.17) is 0 Å². The number of carbonyl (C=O) groups is 1. The van der Waals surface area contributed by atoms with Crippen molar-refractivity contribution in [2.75, 3.05) is 17.6 Å². The van der Waals surface area contributed by atoms with Crippen LogP contribution >= 0.6 is 15.8 Å². The maximum Gasteiger partial charge on any atom is 0.231 e. The van der Waals surface area contributed by atoms with Gasteiger partial charge in [-0.2, -0.15) is 0 Å². The molecular formula is C34H32N2OP2. The maximum atomic E-state index is 14.3. The van der Waals surface area contributed by atoms with Gasteiger partial charge in [0.2, 0.25) is 5.91 Å². The third-order valence-electron chi connectivity index (χ3n) is 6.77. The number of nitrogens with zero attached hydrogens (tertiary/aromatic N) is 1. The predicted molar refractivity (Wildman–Crippen MR) is 169 cm³/mol. The fourth-order valence-electron chi connectivity index (χ4n) is 4.70. The van der Waals surface area contributed by atoms with E-state index in [0.717, 1.165) is 18.0 Å². The number of nitrogens with one attached hydrogen (secondary N) is 1. The van der Waals surface area contributed by atoms with E-state index < -0.39 is 21.3 Å². The molecular weight excluding hydrogens is 514 g/mol. The van der Waals surface area contributed by atoms with Gasteiger partial charge in [0.1, 0.15) is 0 Å². The summed E-state index contributed by atoms with van der Waals surface area (Å²) >= 11 is 0. The smallest absolute Gasteiger partial charge is 0.231 e.